The second-order valence-electron chi connectivity index (χ2n) is 5.57. The number of carboxylic acids is 1. The van der Waals surface area contributed by atoms with Crippen LogP contribution >= 0.6 is 0 Å². The molecule has 1 aromatic rings. The van der Waals surface area contributed by atoms with Crippen molar-refractivity contribution in [2.75, 3.05) is 6.54 Å². The molecular formula is C14H22N4O3. The predicted molar refractivity (Wildman–Crippen MR) is 76.0 cm³/mol. The summed E-state index contributed by atoms with van der Waals surface area (Å²) in [7, 11) is 0. The lowest BCUT2D eigenvalue weighted by Gasteiger charge is -2.13. The van der Waals surface area contributed by atoms with Crippen molar-refractivity contribution >= 4 is 11.9 Å². The lowest BCUT2D eigenvalue weighted by molar-refractivity contribution is -0.137. The zero-order valence-corrected chi connectivity index (χ0v) is 12.3. The minimum atomic E-state index is -0.772. The fourth-order valence-electron chi connectivity index (χ4n) is 2.26. The number of carbonyl (C=O) groups is 2. The van der Waals surface area contributed by atoms with Gasteiger partial charge in [0.05, 0.1) is 0 Å². The van der Waals surface area contributed by atoms with Crippen LogP contribution in [0.2, 0.25) is 0 Å². The molecule has 116 valence electrons. The van der Waals surface area contributed by atoms with Crippen molar-refractivity contribution in [1.29, 1.82) is 0 Å². The molecule has 0 spiro atoms. The quantitative estimate of drug-likeness (QED) is 0.642. The van der Waals surface area contributed by atoms with Gasteiger partial charge in [0.25, 0.3) is 5.91 Å². The summed E-state index contributed by atoms with van der Waals surface area (Å²) in [6, 6.07) is 0. The van der Waals surface area contributed by atoms with Crippen LogP contribution in [0.5, 0.6) is 0 Å². The molecule has 0 saturated heterocycles. The maximum absolute atomic E-state index is 11.9. The van der Waals surface area contributed by atoms with Gasteiger partial charge in [-0.3, -0.25) is 14.7 Å². The molecule has 0 bridgehead atoms. The van der Waals surface area contributed by atoms with Crippen molar-refractivity contribution in [2.24, 2.45) is 5.92 Å². The average Bonchev–Trinajstić information content (AvgIpc) is 3.19. The zero-order valence-electron chi connectivity index (χ0n) is 12.3. The van der Waals surface area contributed by atoms with Gasteiger partial charge in [-0.05, 0) is 31.6 Å². The monoisotopic (exact) mass is 294 g/mol. The van der Waals surface area contributed by atoms with E-state index in [0.717, 1.165) is 31.5 Å². The molecule has 3 N–H and O–H groups in total. The largest absolute Gasteiger partial charge is 0.481 e. The molecule has 0 radical (unpaired) electrons. The van der Waals surface area contributed by atoms with E-state index in [-0.39, 0.29) is 18.2 Å². The maximum Gasteiger partial charge on any atom is 0.303 e. The highest BCUT2D eigenvalue weighted by Crippen LogP contribution is 2.37. The van der Waals surface area contributed by atoms with E-state index in [2.05, 4.69) is 20.5 Å². The van der Waals surface area contributed by atoms with Crippen molar-refractivity contribution in [3.63, 3.8) is 0 Å². The van der Waals surface area contributed by atoms with Crippen LogP contribution in [0.1, 0.15) is 67.8 Å². The maximum atomic E-state index is 11.9. The minimum Gasteiger partial charge on any atom is -0.481 e. The lowest BCUT2D eigenvalue weighted by atomic mass is 9.97. The fourth-order valence-corrected chi connectivity index (χ4v) is 2.26. The summed E-state index contributed by atoms with van der Waals surface area (Å²) in [5.41, 5.74) is 0. The van der Waals surface area contributed by atoms with Gasteiger partial charge < -0.3 is 10.4 Å². The van der Waals surface area contributed by atoms with Crippen LogP contribution in [0.15, 0.2) is 0 Å². The second kappa shape index (κ2) is 7.19. The summed E-state index contributed by atoms with van der Waals surface area (Å²) < 4.78 is 0. The van der Waals surface area contributed by atoms with Crippen LogP contribution in [0.4, 0.5) is 0 Å². The fraction of sp³-hybridized carbons (Fsp3) is 0.714. The summed E-state index contributed by atoms with van der Waals surface area (Å²) in [6.07, 6.45) is 4.73. The van der Waals surface area contributed by atoms with Gasteiger partial charge in [0.15, 0.2) is 0 Å². The molecule has 7 nitrogen and oxygen atoms in total. The van der Waals surface area contributed by atoms with Crippen molar-refractivity contribution in [2.45, 2.75) is 51.4 Å². The van der Waals surface area contributed by atoms with Gasteiger partial charge in [-0.15, -0.1) is 5.10 Å². The highest BCUT2D eigenvalue weighted by molar-refractivity contribution is 5.90. The molecule has 1 amide bonds. The Balaban J connectivity index is 1.70. The summed E-state index contributed by atoms with van der Waals surface area (Å²) in [6.45, 7) is 2.55. The molecule has 0 aromatic carbocycles. The highest BCUT2D eigenvalue weighted by atomic mass is 16.4. The van der Waals surface area contributed by atoms with E-state index < -0.39 is 5.97 Å². The first kappa shape index (κ1) is 15.5. The number of rotatable bonds is 9. The summed E-state index contributed by atoms with van der Waals surface area (Å²) >= 11 is 0. The van der Waals surface area contributed by atoms with E-state index in [0.29, 0.717) is 24.8 Å². The SMILES string of the molecule is CCC(CCNC(=O)c1n[nH]c(C2CC2)n1)CCC(=O)O. The van der Waals surface area contributed by atoms with Gasteiger partial charge in [-0.25, -0.2) is 4.98 Å². The van der Waals surface area contributed by atoms with E-state index in [9.17, 15) is 9.59 Å². The minimum absolute atomic E-state index is 0.179. The first-order chi connectivity index (χ1) is 10.1. The number of carboxylic acid groups (broad SMARTS) is 1. The third-order valence-corrected chi connectivity index (χ3v) is 3.85. The van der Waals surface area contributed by atoms with Gasteiger partial charge in [0.1, 0.15) is 5.82 Å². The Hall–Kier alpha value is -1.92. The summed E-state index contributed by atoms with van der Waals surface area (Å²) in [4.78, 5) is 26.6. The number of aromatic nitrogens is 3. The number of amides is 1. The van der Waals surface area contributed by atoms with Crippen LogP contribution in [-0.2, 0) is 4.79 Å². The molecule has 1 aliphatic carbocycles. The van der Waals surface area contributed by atoms with Crippen LogP contribution in [0.3, 0.4) is 0 Å². The standard InChI is InChI=1S/C14H22N4O3/c1-2-9(3-6-11(19)20)7-8-15-14(21)13-16-12(17-18-13)10-4-5-10/h9-10H,2-8H2,1H3,(H,15,21)(H,19,20)(H,16,17,18). The molecule has 0 aliphatic heterocycles. The van der Waals surface area contributed by atoms with Gasteiger partial charge in [-0.2, -0.15) is 0 Å². The van der Waals surface area contributed by atoms with Crippen molar-refractivity contribution in [3.8, 4) is 0 Å². The van der Waals surface area contributed by atoms with Crippen molar-refractivity contribution < 1.29 is 14.7 Å². The first-order valence-corrected chi connectivity index (χ1v) is 7.52. The smallest absolute Gasteiger partial charge is 0.303 e. The van der Waals surface area contributed by atoms with Crippen LogP contribution < -0.4 is 5.32 Å². The topological polar surface area (TPSA) is 108 Å². The number of hydrogen-bond acceptors (Lipinski definition) is 4. The average molecular weight is 294 g/mol. The molecular weight excluding hydrogens is 272 g/mol. The van der Waals surface area contributed by atoms with E-state index in [1.807, 2.05) is 6.92 Å². The van der Waals surface area contributed by atoms with Gasteiger partial charge >= 0.3 is 5.97 Å². The molecule has 1 unspecified atom stereocenters. The summed E-state index contributed by atoms with van der Waals surface area (Å²) in [5, 5.41) is 18.2. The number of aliphatic carboxylic acids is 1. The number of nitrogens with one attached hydrogen (secondary N) is 2. The Morgan fingerprint density at radius 1 is 1.43 bits per heavy atom. The number of hydrogen-bond donors (Lipinski definition) is 3. The third-order valence-electron chi connectivity index (χ3n) is 3.85. The van der Waals surface area contributed by atoms with E-state index >= 15 is 0 Å². The molecule has 1 atom stereocenters. The molecule has 1 aromatic heterocycles. The molecule has 1 aliphatic rings. The Labute approximate surface area is 123 Å². The van der Waals surface area contributed by atoms with Crippen LogP contribution in [0.25, 0.3) is 0 Å². The Morgan fingerprint density at radius 3 is 2.81 bits per heavy atom. The number of nitrogens with zero attached hydrogens (tertiary/aromatic N) is 2. The molecule has 7 heteroatoms. The third kappa shape index (κ3) is 4.84. The Bertz CT molecular complexity index is 496. The van der Waals surface area contributed by atoms with E-state index in [1.54, 1.807) is 0 Å². The zero-order chi connectivity index (χ0) is 15.2. The first-order valence-electron chi connectivity index (χ1n) is 7.52. The molecule has 2 rings (SSSR count). The van der Waals surface area contributed by atoms with Gasteiger partial charge in [-0.1, -0.05) is 13.3 Å². The Morgan fingerprint density at radius 2 is 2.19 bits per heavy atom. The number of aromatic amines is 1. The van der Waals surface area contributed by atoms with E-state index in [1.165, 1.54) is 0 Å². The van der Waals surface area contributed by atoms with Gasteiger partial charge in [0, 0.05) is 18.9 Å². The highest BCUT2D eigenvalue weighted by Gasteiger charge is 2.28. The predicted octanol–water partition coefficient (Wildman–Crippen LogP) is 1.69. The van der Waals surface area contributed by atoms with Crippen molar-refractivity contribution in [1.82, 2.24) is 20.5 Å². The summed E-state index contributed by atoms with van der Waals surface area (Å²) in [5.74, 6) is 0.704. The van der Waals surface area contributed by atoms with Crippen LogP contribution in [-0.4, -0.2) is 38.7 Å². The number of H-pyrrole nitrogens is 1. The normalized spacial score (nSPS) is 15.7. The molecule has 1 saturated carbocycles. The van der Waals surface area contributed by atoms with Gasteiger partial charge in [0.2, 0.25) is 5.82 Å². The molecule has 1 fully saturated rings. The lowest BCUT2D eigenvalue weighted by Crippen LogP contribution is -2.27. The molecule has 1 heterocycles. The molecule has 21 heavy (non-hydrogen) atoms. The van der Waals surface area contributed by atoms with Crippen LogP contribution in [0, 0.1) is 5.92 Å². The number of carbonyl (C=O) groups excluding carboxylic acids is 1. The van der Waals surface area contributed by atoms with Crippen molar-refractivity contribution in [3.05, 3.63) is 11.6 Å². The second-order valence-corrected chi connectivity index (χ2v) is 5.57. The van der Waals surface area contributed by atoms with E-state index in [4.69, 9.17) is 5.11 Å². The Kier molecular flexibility index (Phi) is 5.30.